The van der Waals surface area contributed by atoms with Crippen molar-refractivity contribution in [1.29, 1.82) is 0 Å². The molecule has 1 aromatic heterocycles. The normalized spacial score (nSPS) is 27.9. The van der Waals surface area contributed by atoms with E-state index in [4.69, 9.17) is 0 Å². The predicted molar refractivity (Wildman–Crippen MR) is 60.9 cm³/mol. The number of fused-ring (bicyclic) bond motifs is 1. The largest absolute Gasteiger partial charge is 0.208 e. The second-order valence-electron chi connectivity index (χ2n) is 4.66. The molecule has 0 saturated heterocycles. The van der Waals surface area contributed by atoms with Crippen LogP contribution in [0.5, 0.6) is 0 Å². The molecule has 1 heteroatoms. The molecule has 1 heterocycles. The molecule has 0 amide bonds. The molecule has 0 spiro atoms. The van der Waals surface area contributed by atoms with E-state index in [1.165, 1.54) is 17.7 Å². The molecule has 0 radical (unpaired) electrons. The van der Waals surface area contributed by atoms with Crippen LogP contribution in [0.4, 0.5) is 0 Å². The number of aromatic nitrogens is 1. The average Bonchev–Trinajstić information content (AvgIpc) is 2.99. The van der Waals surface area contributed by atoms with Crippen molar-refractivity contribution in [2.45, 2.75) is 13.3 Å². The summed E-state index contributed by atoms with van der Waals surface area (Å²) in [6, 6.07) is 6.45. The Kier molecular flexibility index (Phi) is 1.82. The Morgan fingerprint density at radius 2 is 2.20 bits per heavy atom. The zero-order valence-corrected chi connectivity index (χ0v) is 9.27. The Balaban J connectivity index is 2.14. The SMILES string of the molecule is CC1=C(c2cccc[n+]2C)C2CC2C=C1. The summed E-state index contributed by atoms with van der Waals surface area (Å²) in [6.45, 7) is 2.23. The van der Waals surface area contributed by atoms with Crippen LogP contribution in [0.25, 0.3) is 5.57 Å². The number of hydrogen-bond donors (Lipinski definition) is 0. The predicted octanol–water partition coefficient (Wildman–Crippen LogP) is 2.49. The van der Waals surface area contributed by atoms with E-state index in [1.54, 1.807) is 5.57 Å². The van der Waals surface area contributed by atoms with Crippen LogP contribution in [0.3, 0.4) is 0 Å². The number of hydrogen-bond acceptors (Lipinski definition) is 0. The molecule has 15 heavy (non-hydrogen) atoms. The highest BCUT2D eigenvalue weighted by atomic mass is 14.9. The fourth-order valence-corrected chi connectivity index (χ4v) is 2.60. The highest BCUT2D eigenvalue weighted by Gasteiger charge is 2.43. The fourth-order valence-electron chi connectivity index (χ4n) is 2.60. The molecule has 1 saturated carbocycles. The molecule has 0 aliphatic heterocycles. The fraction of sp³-hybridized carbons (Fsp3) is 0.357. The van der Waals surface area contributed by atoms with Crippen molar-refractivity contribution in [2.75, 3.05) is 0 Å². The van der Waals surface area contributed by atoms with Crippen LogP contribution in [0.1, 0.15) is 19.0 Å². The molecule has 0 aromatic carbocycles. The van der Waals surface area contributed by atoms with Gasteiger partial charge in [0.15, 0.2) is 6.20 Å². The van der Waals surface area contributed by atoms with Gasteiger partial charge in [-0.15, -0.1) is 0 Å². The minimum absolute atomic E-state index is 0.795. The summed E-state index contributed by atoms with van der Waals surface area (Å²) >= 11 is 0. The number of pyridine rings is 1. The van der Waals surface area contributed by atoms with Gasteiger partial charge >= 0.3 is 0 Å². The first-order valence-corrected chi connectivity index (χ1v) is 5.61. The third-order valence-corrected chi connectivity index (χ3v) is 3.56. The first-order chi connectivity index (χ1) is 7.27. The number of rotatable bonds is 1. The summed E-state index contributed by atoms with van der Waals surface area (Å²) in [5.74, 6) is 1.62. The van der Waals surface area contributed by atoms with Crippen LogP contribution in [-0.4, -0.2) is 0 Å². The monoisotopic (exact) mass is 198 g/mol. The molecule has 76 valence electrons. The molecule has 2 unspecified atom stereocenters. The van der Waals surface area contributed by atoms with Gasteiger partial charge in [-0.05, 0) is 36.8 Å². The molecule has 0 N–H and O–H groups in total. The van der Waals surface area contributed by atoms with Crippen molar-refractivity contribution in [3.63, 3.8) is 0 Å². The van der Waals surface area contributed by atoms with Crippen LogP contribution in [0.15, 0.2) is 42.1 Å². The Bertz CT molecular complexity index is 468. The lowest BCUT2D eigenvalue weighted by atomic mass is 9.95. The van der Waals surface area contributed by atoms with Gasteiger partial charge in [0.2, 0.25) is 5.69 Å². The molecular weight excluding hydrogens is 182 g/mol. The standard InChI is InChI=1S/C14H16N/c1-10-6-7-11-9-12(11)14(10)13-5-3-4-8-15(13)2/h3-8,11-12H,9H2,1-2H3/q+1. The highest BCUT2D eigenvalue weighted by Crippen LogP contribution is 2.52. The second-order valence-corrected chi connectivity index (χ2v) is 4.66. The highest BCUT2D eigenvalue weighted by molar-refractivity contribution is 5.72. The van der Waals surface area contributed by atoms with Gasteiger partial charge in [-0.25, -0.2) is 4.57 Å². The maximum absolute atomic E-state index is 2.37. The molecule has 1 nitrogen and oxygen atoms in total. The van der Waals surface area contributed by atoms with Crippen LogP contribution in [0.2, 0.25) is 0 Å². The van der Waals surface area contributed by atoms with Crippen LogP contribution in [0, 0.1) is 11.8 Å². The Morgan fingerprint density at radius 1 is 1.33 bits per heavy atom. The van der Waals surface area contributed by atoms with Crippen LogP contribution >= 0.6 is 0 Å². The summed E-state index contributed by atoms with van der Waals surface area (Å²) in [7, 11) is 2.13. The van der Waals surface area contributed by atoms with E-state index in [1.807, 2.05) is 0 Å². The Hall–Kier alpha value is -1.37. The molecular formula is C14H16N+. The van der Waals surface area contributed by atoms with E-state index in [9.17, 15) is 0 Å². The van der Waals surface area contributed by atoms with Crippen molar-refractivity contribution in [1.82, 2.24) is 0 Å². The molecule has 3 rings (SSSR count). The van der Waals surface area contributed by atoms with Crippen LogP contribution in [-0.2, 0) is 7.05 Å². The summed E-state index contributed by atoms with van der Waals surface area (Å²) in [5, 5.41) is 0. The lowest BCUT2D eigenvalue weighted by Gasteiger charge is -2.10. The van der Waals surface area contributed by atoms with Gasteiger partial charge in [-0.3, -0.25) is 0 Å². The minimum atomic E-state index is 0.795. The van der Waals surface area contributed by atoms with Crippen molar-refractivity contribution in [2.24, 2.45) is 18.9 Å². The number of allylic oxidation sites excluding steroid dienone is 4. The van der Waals surface area contributed by atoms with Crippen molar-refractivity contribution < 1.29 is 4.57 Å². The maximum Gasteiger partial charge on any atom is 0.208 e. The van der Waals surface area contributed by atoms with E-state index in [0.29, 0.717) is 0 Å². The molecule has 2 atom stereocenters. The smallest absolute Gasteiger partial charge is 0.201 e. The molecule has 2 aliphatic rings. The summed E-state index contributed by atoms with van der Waals surface area (Å²) in [6.07, 6.45) is 8.13. The van der Waals surface area contributed by atoms with Gasteiger partial charge in [0, 0.05) is 17.7 Å². The lowest BCUT2D eigenvalue weighted by Crippen LogP contribution is -2.33. The molecule has 1 fully saturated rings. The van der Waals surface area contributed by atoms with Gasteiger partial charge < -0.3 is 0 Å². The number of nitrogens with zero attached hydrogens (tertiary/aromatic N) is 1. The van der Waals surface area contributed by atoms with E-state index in [0.717, 1.165) is 11.8 Å². The molecule has 2 aliphatic carbocycles. The van der Waals surface area contributed by atoms with Crippen LogP contribution < -0.4 is 4.57 Å². The van der Waals surface area contributed by atoms with Gasteiger partial charge in [0.1, 0.15) is 7.05 Å². The van der Waals surface area contributed by atoms with E-state index < -0.39 is 0 Å². The van der Waals surface area contributed by atoms with E-state index in [-0.39, 0.29) is 0 Å². The number of aryl methyl sites for hydroxylation is 1. The third-order valence-electron chi connectivity index (χ3n) is 3.56. The average molecular weight is 198 g/mol. The van der Waals surface area contributed by atoms with Gasteiger partial charge in [0.05, 0.1) is 0 Å². The van der Waals surface area contributed by atoms with Gasteiger partial charge in [-0.2, -0.15) is 0 Å². The van der Waals surface area contributed by atoms with Crippen molar-refractivity contribution >= 4 is 5.57 Å². The lowest BCUT2D eigenvalue weighted by molar-refractivity contribution is -0.674. The summed E-state index contributed by atoms with van der Waals surface area (Å²) < 4.78 is 2.23. The molecule has 0 bridgehead atoms. The summed E-state index contributed by atoms with van der Waals surface area (Å²) in [4.78, 5) is 0. The topological polar surface area (TPSA) is 3.88 Å². The second kappa shape index (κ2) is 3.06. The van der Waals surface area contributed by atoms with Gasteiger partial charge in [-0.1, -0.05) is 12.2 Å². The van der Waals surface area contributed by atoms with Crippen molar-refractivity contribution in [3.05, 3.63) is 47.8 Å². The third kappa shape index (κ3) is 1.34. The summed E-state index contributed by atoms with van der Waals surface area (Å²) in [5.41, 5.74) is 4.38. The quantitative estimate of drug-likeness (QED) is 0.610. The van der Waals surface area contributed by atoms with Gasteiger partial charge in [0.25, 0.3) is 0 Å². The van der Waals surface area contributed by atoms with Crippen molar-refractivity contribution in [3.8, 4) is 0 Å². The zero-order chi connectivity index (χ0) is 10.4. The maximum atomic E-state index is 2.37. The zero-order valence-electron chi connectivity index (χ0n) is 9.27. The van der Waals surface area contributed by atoms with E-state index >= 15 is 0 Å². The Morgan fingerprint density at radius 3 is 3.00 bits per heavy atom. The Labute approximate surface area is 90.8 Å². The van der Waals surface area contributed by atoms with E-state index in [2.05, 4.69) is 55.1 Å². The first kappa shape index (κ1) is 8.90. The first-order valence-electron chi connectivity index (χ1n) is 5.61. The molecule has 1 aromatic rings. The minimum Gasteiger partial charge on any atom is -0.201 e.